The Morgan fingerprint density at radius 2 is 1.65 bits per heavy atom. The fourth-order valence-corrected chi connectivity index (χ4v) is 2.27. The smallest absolute Gasteiger partial charge is 0.258 e. The standard InChI is InChI=1S/C16H21N3O4/c1-13(20)18-7-9-19(10-8-18)16(22)11-17-15(21)12-23-14-5-3-2-4-6-14/h2-6H,7-12H2,1H3,(H,17,21). The van der Waals surface area contributed by atoms with E-state index in [1.165, 1.54) is 6.92 Å². The first-order chi connectivity index (χ1) is 11.1. The minimum atomic E-state index is -0.343. The molecule has 0 radical (unpaired) electrons. The average molecular weight is 319 g/mol. The van der Waals surface area contributed by atoms with Gasteiger partial charge in [-0.3, -0.25) is 14.4 Å². The van der Waals surface area contributed by atoms with E-state index in [1.54, 1.807) is 21.9 Å². The molecule has 23 heavy (non-hydrogen) atoms. The lowest BCUT2D eigenvalue weighted by molar-refractivity contribution is -0.138. The first kappa shape index (κ1) is 16.8. The van der Waals surface area contributed by atoms with Crippen LogP contribution in [0.4, 0.5) is 0 Å². The van der Waals surface area contributed by atoms with Crippen molar-refractivity contribution in [3.05, 3.63) is 30.3 Å². The van der Waals surface area contributed by atoms with Gasteiger partial charge in [0.05, 0.1) is 6.54 Å². The molecule has 2 rings (SSSR count). The molecule has 0 spiro atoms. The second kappa shape index (κ2) is 8.17. The molecule has 124 valence electrons. The van der Waals surface area contributed by atoms with Crippen LogP contribution in [0.1, 0.15) is 6.92 Å². The van der Waals surface area contributed by atoms with Gasteiger partial charge in [-0.25, -0.2) is 0 Å². The Morgan fingerprint density at radius 1 is 1.04 bits per heavy atom. The van der Waals surface area contributed by atoms with Crippen LogP contribution in [-0.2, 0) is 14.4 Å². The van der Waals surface area contributed by atoms with E-state index in [2.05, 4.69) is 5.32 Å². The number of hydrogen-bond donors (Lipinski definition) is 1. The summed E-state index contributed by atoms with van der Waals surface area (Å²) in [6, 6.07) is 9.01. The first-order valence-corrected chi connectivity index (χ1v) is 7.54. The van der Waals surface area contributed by atoms with Crippen molar-refractivity contribution in [3.8, 4) is 5.75 Å². The Balaban J connectivity index is 1.66. The molecular formula is C16H21N3O4. The second-order valence-corrected chi connectivity index (χ2v) is 5.27. The Kier molecular flexibility index (Phi) is 5.96. The predicted molar refractivity (Wildman–Crippen MR) is 83.8 cm³/mol. The van der Waals surface area contributed by atoms with E-state index in [4.69, 9.17) is 4.74 Å². The third-order valence-electron chi connectivity index (χ3n) is 3.63. The normalized spacial score (nSPS) is 14.3. The molecule has 1 aliphatic rings. The van der Waals surface area contributed by atoms with Crippen molar-refractivity contribution in [1.82, 2.24) is 15.1 Å². The van der Waals surface area contributed by atoms with Crippen LogP contribution in [0.3, 0.4) is 0 Å². The molecule has 0 atom stereocenters. The van der Waals surface area contributed by atoms with Crippen molar-refractivity contribution in [2.45, 2.75) is 6.92 Å². The monoisotopic (exact) mass is 319 g/mol. The molecule has 1 heterocycles. The predicted octanol–water partition coefficient (Wildman–Crippen LogP) is -0.128. The van der Waals surface area contributed by atoms with Gasteiger partial charge in [0, 0.05) is 33.1 Å². The molecule has 0 saturated carbocycles. The van der Waals surface area contributed by atoms with E-state index in [9.17, 15) is 14.4 Å². The topological polar surface area (TPSA) is 79.0 Å². The van der Waals surface area contributed by atoms with E-state index in [0.29, 0.717) is 31.9 Å². The van der Waals surface area contributed by atoms with Crippen LogP contribution in [-0.4, -0.2) is 66.9 Å². The van der Waals surface area contributed by atoms with Gasteiger partial charge in [0.1, 0.15) is 5.75 Å². The molecule has 0 unspecified atom stereocenters. The molecule has 3 amide bonds. The van der Waals surface area contributed by atoms with Crippen LogP contribution in [0.5, 0.6) is 5.75 Å². The summed E-state index contributed by atoms with van der Waals surface area (Å²) in [5, 5.41) is 2.55. The number of amides is 3. The van der Waals surface area contributed by atoms with E-state index < -0.39 is 0 Å². The van der Waals surface area contributed by atoms with Gasteiger partial charge < -0.3 is 19.9 Å². The number of nitrogens with one attached hydrogen (secondary N) is 1. The van der Waals surface area contributed by atoms with Crippen LogP contribution < -0.4 is 10.1 Å². The van der Waals surface area contributed by atoms with Gasteiger partial charge in [0.2, 0.25) is 11.8 Å². The number of hydrogen-bond acceptors (Lipinski definition) is 4. The summed E-state index contributed by atoms with van der Waals surface area (Å²) in [6.07, 6.45) is 0. The summed E-state index contributed by atoms with van der Waals surface area (Å²) in [5.41, 5.74) is 0. The molecular weight excluding hydrogens is 298 g/mol. The zero-order chi connectivity index (χ0) is 16.7. The summed E-state index contributed by atoms with van der Waals surface area (Å²) in [7, 11) is 0. The fourth-order valence-electron chi connectivity index (χ4n) is 2.27. The van der Waals surface area contributed by atoms with Crippen molar-refractivity contribution >= 4 is 17.7 Å². The summed E-state index contributed by atoms with van der Waals surface area (Å²) >= 11 is 0. The molecule has 1 fully saturated rings. The highest BCUT2D eigenvalue weighted by Gasteiger charge is 2.22. The average Bonchev–Trinajstić information content (AvgIpc) is 2.58. The zero-order valence-corrected chi connectivity index (χ0v) is 13.2. The van der Waals surface area contributed by atoms with Crippen molar-refractivity contribution in [1.29, 1.82) is 0 Å². The minimum absolute atomic E-state index is 0.0171. The number of rotatable bonds is 5. The van der Waals surface area contributed by atoms with E-state index >= 15 is 0 Å². The molecule has 1 saturated heterocycles. The third-order valence-corrected chi connectivity index (χ3v) is 3.63. The van der Waals surface area contributed by atoms with Crippen molar-refractivity contribution in [3.63, 3.8) is 0 Å². The van der Waals surface area contributed by atoms with Crippen molar-refractivity contribution in [2.75, 3.05) is 39.3 Å². The lowest BCUT2D eigenvalue weighted by atomic mass is 10.3. The molecule has 1 aromatic rings. The Labute approximate surface area is 135 Å². The molecule has 0 aromatic heterocycles. The van der Waals surface area contributed by atoms with Crippen LogP contribution in [0.25, 0.3) is 0 Å². The number of ether oxygens (including phenoxy) is 1. The van der Waals surface area contributed by atoms with Gasteiger partial charge in [-0.15, -0.1) is 0 Å². The maximum Gasteiger partial charge on any atom is 0.258 e. The van der Waals surface area contributed by atoms with Crippen LogP contribution in [0.2, 0.25) is 0 Å². The second-order valence-electron chi connectivity index (χ2n) is 5.27. The number of carbonyl (C=O) groups is 3. The first-order valence-electron chi connectivity index (χ1n) is 7.54. The van der Waals surface area contributed by atoms with Gasteiger partial charge in [-0.2, -0.15) is 0 Å². The number of piperazine rings is 1. The fraction of sp³-hybridized carbons (Fsp3) is 0.438. The van der Waals surface area contributed by atoms with Gasteiger partial charge in [0.25, 0.3) is 5.91 Å². The number of nitrogens with zero attached hydrogens (tertiary/aromatic N) is 2. The maximum absolute atomic E-state index is 12.0. The summed E-state index contributed by atoms with van der Waals surface area (Å²) in [4.78, 5) is 38.3. The third kappa shape index (κ3) is 5.28. The van der Waals surface area contributed by atoms with Crippen LogP contribution in [0, 0.1) is 0 Å². The molecule has 7 heteroatoms. The van der Waals surface area contributed by atoms with Crippen LogP contribution >= 0.6 is 0 Å². The SMILES string of the molecule is CC(=O)N1CCN(C(=O)CNC(=O)COc2ccccc2)CC1. The summed E-state index contributed by atoms with van der Waals surface area (Å²) < 4.78 is 5.30. The summed E-state index contributed by atoms with van der Waals surface area (Å²) in [6.45, 7) is 3.39. The molecule has 1 N–H and O–H groups in total. The Morgan fingerprint density at radius 3 is 2.26 bits per heavy atom. The van der Waals surface area contributed by atoms with Gasteiger partial charge >= 0.3 is 0 Å². The van der Waals surface area contributed by atoms with Crippen molar-refractivity contribution in [2.24, 2.45) is 0 Å². The molecule has 0 bridgehead atoms. The van der Waals surface area contributed by atoms with Crippen LogP contribution in [0.15, 0.2) is 30.3 Å². The number of benzene rings is 1. The zero-order valence-electron chi connectivity index (χ0n) is 13.2. The quantitative estimate of drug-likeness (QED) is 0.820. The van der Waals surface area contributed by atoms with E-state index in [-0.39, 0.29) is 30.9 Å². The maximum atomic E-state index is 12.0. The molecule has 7 nitrogen and oxygen atoms in total. The van der Waals surface area contributed by atoms with E-state index in [1.807, 2.05) is 18.2 Å². The molecule has 0 aliphatic carbocycles. The molecule has 1 aromatic carbocycles. The van der Waals surface area contributed by atoms with Gasteiger partial charge in [0.15, 0.2) is 6.61 Å². The highest BCUT2D eigenvalue weighted by atomic mass is 16.5. The van der Waals surface area contributed by atoms with E-state index in [0.717, 1.165) is 0 Å². The summed E-state index contributed by atoms with van der Waals surface area (Å²) in [5.74, 6) is 0.128. The Hall–Kier alpha value is -2.57. The van der Waals surface area contributed by atoms with Gasteiger partial charge in [-0.05, 0) is 12.1 Å². The largest absolute Gasteiger partial charge is 0.484 e. The highest BCUT2D eigenvalue weighted by Crippen LogP contribution is 2.07. The molecule has 1 aliphatic heterocycles. The Bertz CT molecular complexity index is 554. The lowest BCUT2D eigenvalue weighted by Crippen LogP contribution is -2.52. The highest BCUT2D eigenvalue weighted by molar-refractivity contribution is 5.85. The number of para-hydroxylation sites is 1. The van der Waals surface area contributed by atoms with Crippen molar-refractivity contribution < 1.29 is 19.1 Å². The number of carbonyl (C=O) groups excluding carboxylic acids is 3. The lowest BCUT2D eigenvalue weighted by Gasteiger charge is -2.34. The minimum Gasteiger partial charge on any atom is -0.484 e. The van der Waals surface area contributed by atoms with Gasteiger partial charge in [-0.1, -0.05) is 18.2 Å².